The number of aliphatic carboxylic acids is 1. The minimum atomic E-state index is -1.15. The molecule has 6 rings (SSSR count). The van der Waals surface area contributed by atoms with Crippen LogP contribution in [0.5, 0.6) is 23.0 Å². The molecule has 0 fully saturated rings. The van der Waals surface area contributed by atoms with Crippen molar-refractivity contribution in [2.24, 2.45) is 0 Å². The number of aryl methyl sites for hydroxylation is 1. The minimum Gasteiger partial charge on any atom is -0.497 e. The van der Waals surface area contributed by atoms with Crippen LogP contribution in [0.25, 0.3) is 11.5 Å². The number of carbonyl (C=O) groups excluding carboxylic acids is 2. The molecular weight excluding hydrogens is 767 g/mol. The number of aromatic nitrogens is 1. The lowest BCUT2D eigenvalue weighted by molar-refractivity contribution is -0.138. The standard InChI is InChI=1S/C30H30N2O7.C17H19NO3/c1-20(32(19-28(33)34)30(35)39-26-15-13-24(36-3)14-16-26)22-9-11-25(12-10-22)37-18-17-27-21(2)38-29(31-27)23-7-5-4-6-8-23;1-13(15-8-10-16(20-2)11-9-15)18-17(19)21-12-14-6-4-3-5-7-14/h4-16,20H,17-19H2,1-3H3,(H,33,34);3-11,13H,12H2,1-2H3,(H,18,19). The first kappa shape index (κ1) is 43.8. The first-order valence-electron chi connectivity index (χ1n) is 19.2. The van der Waals surface area contributed by atoms with Gasteiger partial charge in [-0.25, -0.2) is 14.6 Å². The van der Waals surface area contributed by atoms with Crippen LogP contribution in [0.15, 0.2) is 138 Å². The third kappa shape index (κ3) is 13.1. The Labute approximate surface area is 349 Å². The van der Waals surface area contributed by atoms with E-state index < -0.39 is 30.7 Å². The molecule has 0 saturated heterocycles. The lowest BCUT2D eigenvalue weighted by atomic mass is 10.1. The van der Waals surface area contributed by atoms with Crippen LogP contribution < -0.4 is 24.3 Å². The van der Waals surface area contributed by atoms with Crippen molar-refractivity contribution >= 4 is 18.2 Å². The molecule has 0 bridgehead atoms. The van der Waals surface area contributed by atoms with E-state index in [9.17, 15) is 19.5 Å². The maximum absolute atomic E-state index is 12.9. The molecule has 0 radical (unpaired) electrons. The summed E-state index contributed by atoms with van der Waals surface area (Å²) in [6, 6.07) is 39.8. The minimum absolute atomic E-state index is 0.126. The average molecular weight is 816 g/mol. The zero-order chi connectivity index (χ0) is 42.9. The number of alkyl carbamates (subject to hydrolysis) is 1. The summed E-state index contributed by atoms with van der Waals surface area (Å²) in [5.41, 5.74) is 4.44. The van der Waals surface area contributed by atoms with Crippen LogP contribution >= 0.6 is 0 Å². The molecule has 0 aliphatic heterocycles. The summed E-state index contributed by atoms with van der Waals surface area (Å²) in [6.07, 6.45) is -0.625. The number of nitrogens with one attached hydrogen (secondary N) is 1. The van der Waals surface area contributed by atoms with E-state index in [0.29, 0.717) is 30.4 Å². The highest BCUT2D eigenvalue weighted by Gasteiger charge is 2.26. The number of carbonyl (C=O) groups is 3. The smallest absolute Gasteiger partial charge is 0.416 e. The number of hydrogen-bond acceptors (Lipinski definition) is 10. The highest BCUT2D eigenvalue weighted by atomic mass is 16.6. The summed E-state index contributed by atoms with van der Waals surface area (Å²) < 4.78 is 32.5. The molecule has 13 heteroatoms. The highest BCUT2D eigenvalue weighted by molar-refractivity contribution is 5.78. The van der Waals surface area contributed by atoms with E-state index >= 15 is 0 Å². The van der Waals surface area contributed by atoms with Crippen molar-refractivity contribution in [3.63, 3.8) is 0 Å². The van der Waals surface area contributed by atoms with Crippen LogP contribution in [0.4, 0.5) is 9.59 Å². The van der Waals surface area contributed by atoms with Crippen LogP contribution in [0, 0.1) is 6.92 Å². The van der Waals surface area contributed by atoms with Gasteiger partial charge in [-0.05, 0) is 98.1 Å². The fraction of sp³-hybridized carbons (Fsp3) is 0.234. The molecule has 1 aromatic heterocycles. The molecule has 312 valence electrons. The third-order valence-electron chi connectivity index (χ3n) is 9.32. The fourth-order valence-corrected chi connectivity index (χ4v) is 5.88. The predicted octanol–water partition coefficient (Wildman–Crippen LogP) is 9.61. The van der Waals surface area contributed by atoms with Crippen LogP contribution in [-0.2, 0) is 22.6 Å². The Morgan fingerprint density at radius 3 is 1.88 bits per heavy atom. The molecule has 0 spiro atoms. The van der Waals surface area contributed by atoms with Crippen molar-refractivity contribution in [3.8, 4) is 34.5 Å². The number of carboxylic acids is 1. The number of rotatable bonds is 16. The summed E-state index contributed by atoms with van der Waals surface area (Å²) in [5, 5.41) is 12.2. The van der Waals surface area contributed by atoms with Crippen molar-refractivity contribution in [1.82, 2.24) is 15.2 Å². The largest absolute Gasteiger partial charge is 0.497 e. The fourth-order valence-electron chi connectivity index (χ4n) is 5.88. The molecule has 13 nitrogen and oxygen atoms in total. The number of oxazole rings is 1. The lowest BCUT2D eigenvalue weighted by Gasteiger charge is -2.27. The van der Waals surface area contributed by atoms with Crippen LogP contribution in [0.3, 0.4) is 0 Å². The molecule has 2 atom stereocenters. The SMILES string of the molecule is COc1ccc(C(C)NC(=O)OCc2ccccc2)cc1.COc1ccc(OC(=O)N(CC(=O)O)C(C)c2ccc(OCCc3nc(-c4ccccc4)oc3C)cc2)cc1. The monoisotopic (exact) mass is 815 g/mol. The van der Waals surface area contributed by atoms with Crippen molar-refractivity contribution in [3.05, 3.63) is 162 Å². The van der Waals surface area contributed by atoms with E-state index in [1.807, 2.05) is 98.8 Å². The van der Waals surface area contributed by atoms with E-state index in [-0.39, 0.29) is 18.4 Å². The Morgan fingerprint density at radius 1 is 0.733 bits per heavy atom. The molecule has 5 aromatic carbocycles. The van der Waals surface area contributed by atoms with E-state index in [2.05, 4.69) is 10.3 Å². The van der Waals surface area contributed by atoms with E-state index in [1.54, 1.807) is 62.6 Å². The second kappa shape index (κ2) is 22.0. The Bertz CT molecular complexity index is 2250. The Morgan fingerprint density at radius 2 is 1.28 bits per heavy atom. The summed E-state index contributed by atoms with van der Waals surface area (Å²) in [4.78, 5) is 41.8. The van der Waals surface area contributed by atoms with Crippen LogP contribution in [0.1, 0.15) is 54.1 Å². The molecular formula is C47H49N3O10. The Kier molecular flexibility index (Phi) is 16.1. The van der Waals surface area contributed by atoms with Gasteiger partial charge in [-0.3, -0.25) is 9.69 Å². The van der Waals surface area contributed by atoms with E-state index in [1.165, 1.54) is 7.11 Å². The molecule has 0 saturated carbocycles. The van der Waals surface area contributed by atoms with Gasteiger partial charge >= 0.3 is 18.2 Å². The molecule has 0 aliphatic carbocycles. The average Bonchev–Trinajstić information content (AvgIpc) is 3.65. The number of nitrogens with zero attached hydrogens (tertiary/aromatic N) is 2. The summed E-state index contributed by atoms with van der Waals surface area (Å²) in [5.74, 6) is 2.51. The third-order valence-corrected chi connectivity index (χ3v) is 9.32. The van der Waals surface area contributed by atoms with Gasteiger partial charge in [0.05, 0.1) is 38.6 Å². The summed E-state index contributed by atoms with van der Waals surface area (Å²) >= 11 is 0. The van der Waals surface area contributed by atoms with Gasteiger partial charge in [-0.2, -0.15) is 0 Å². The normalized spacial score (nSPS) is 11.5. The van der Waals surface area contributed by atoms with Crippen molar-refractivity contribution in [1.29, 1.82) is 0 Å². The molecule has 2 unspecified atom stereocenters. The molecule has 2 amide bonds. The second-order valence-corrected chi connectivity index (χ2v) is 13.5. The molecule has 0 aliphatic rings. The lowest BCUT2D eigenvalue weighted by Crippen LogP contribution is -2.39. The van der Waals surface area contributed by atoms with Gasteiger partial charge in [0.15, 0.2) is 0 Å². The zero-order valence-corrected chi connectivity index (χ0v) is 34.2. The summed E-state index contributed by atoms with van der Waals surface area (Å²) in [7, 11) is 3.16. The number of ether oxygens (including phenoxy) is 5. The van der Waals surface area contributed by atoms with E-state index in [0.717, 1.165) is 44.4 Å². The Hall–Kier alpha value is -7.28. The molecule has 6 aromatic rings. The number of methoxy groups -OCH3 is 2. The van der Waals surface area contributed by atoms with Crippen LogP contribution in [-0.4, -0.2) is 60.5 Å². The maximum Gasteiger partial charge on any atom is 0.416 e. The highest BCUT2D eigenvalue weighted by Crippen LogP contribution is 2.26. The number of benzene rings is 5. The first-order valence-corrected chi connectivity index (χ1v) is 19.2. The zero-order valence-electron chi connectivity index (χ0n) is 34.2. The number of hydrogen-bond donors (Lipinski definition) is 2. The topological polar surface area (TPSA) is 159 Å². The molecule has 2 N–H and O–H groups in total. The van der Waals surface area contributed by atoms with E-state index in [4.69, 9.17) is 28.1 Å². The van der Waals surface area contributed by atoms with Gasteiger partial charge < -0.3 is 38.5 Å². The van der Waals surface area contributed by atoms with Gasteiger partial charge in [0.1, 0.15) is 41.9 Å². The van der Waals surface area contributed by atoms with Gasteiger partial charge in [0.2, 0.25) is 5.89 Å². The predicted molar refractivity (Wildman–Crippen MR) is 225 cm³/mol. The van der Waals surface area contributed by atoms with Crippen molar-refractivity contribution in [2.75, 3.05) is 27.4 Å². The number of amides is 2. The van der Waals surface area contributed by atoms with Crippen LogP contribution in [0.2, 0.25) is 0 Å². The van der Waals surface area contributed by atoms with Gasteiger partial charge in [-0.1, -0.05) is 72.8 Å². The number of carboxylic acid groups (broad SMARTS) is 1. The van der Waals surface area contributed by atoms with Crippen molar-refractivity contribution in [2.45, 2.75) is 45.9 Å². The quantitative estimate of drug-likeness (QED) is 0.0958. The van der Waals surface area contributed by atoms with Crippen molar-refractivity contribution < 1.29 is 47.6 Å². The maximum atomic E-state index is 12.9. The van der Waals surface area contributed by atoms with Gasteiger partial charge in [0, 0.05) is 12.0 Å². The second-order valence-electron chi connectivity index (χ2n) is 13.5. The van der Waals surface area contributed by atoms with Gasteiger partial charge in [-0.15, -0.1) is 0 Å². The van der Waals surface area contributed by atoms with Gasteiger partial charge in [0.25, 0.3) is 0 Å². The Balaban J connectivity index is 0.000000274. The summed E-state index contributed by atoms with van der Waals surface area (Å²) in [6.45, 7) is 5.68. The molecule has 60 heavy (non-hydrogen) atoms. The first-order chi connectivity index (χ1) is 29.0. The molecule has 1 heterocycles.